The van der Waals surface area contributed by atoms with Gasteiger partial charge in [0.2, 0.25) is 0 Å². The van der Waals surface area contributed by atoms with E-state index in [9.17, 15) is 4.79 Å². The van der Waals surface area contributed by atoms with Gasteiger partial charge in [-0.1, -0.05) is 20.3 Å². The van der Waals surface area contributed by atoms with Crippen LogP contribution in [0.4, 0.5) is 0 Å². The molecule has 2 saturated carbocycles. The summed E-state index contributed by atoms with van der Waals surface area (Å²) in [7, 11) is 0. The number of ketones is 1. The minimum Gasteiger partial charge on any atom is -0.313 e. The highest BCUT2D eigenvalue weighted by Gasteiger charge is 2.50. The van der Waals surface area contributed by atoms with Crippen molar-refractivity contribution in [2.24, 2.45) is 23.2 Å². The maximum atomic E-state index is 12.4. The van der Waals surface area contributed by atoms with E-state index in [2.05, 4.69) is 19.2 Å². The zero-order valence-electron chi connectivity index (χ0n) is 10.5. The van der Waals surface area contributed by atoms with Crippen LogP contribution in [0.25, 0.3) is 0 Å². The number of fused-ring (bicyclic) bond motifs is 1. The molecular formula is C14H23NO. The lowest BCUT2D eigenvalue weighted by atomic mass is 9.81. The molecule has 1 N–H and O–H groups in total. The first kappa shape index (κ1) is 10.8. The Bertz CT molecular complexity index is 310. The third kappa shape index (κ3) is 1.46. The average molecular weight is 221 g/mol. The van der Waals surface area contributed by atoms with E-state index in [0.717, 1.165) is 24.7 Å². The molecule has 3 aliphatic rings. The summed E-state index contributed by atoms with van der Waals surface area (Å²) < 4.78 is 0. The van der Waals surface area contributed by atoms with Gasteiger partial charge in [0.25, 0.3) is 0 Å². The molecule has 0 aromatic heterocycles. The van der Waals surface area contributed by atoms with Crippen molar-refractivity contribution in [2.75, 3.05) is 6.54 Å². The summed E-state index contributed by atoms with van der Waals surface area (Å²) in [5, 5.41) is 3.65. The van der Waals surface area contributed by atoms with Gasteiger partial charge < -0.3 is 5.32 Å². The number of rotatable bonds is 1. The molecule has 0 radical (unpaired) electrons. The molecule has 2 heteroatoms. The number of carbonyl (C=O) groups excluding carboxylic acids is 1. The van der Waals surface area contributed by atoms with E-state index in [-0.39, 0.29) is 5.41 Å². The minimum absolute atomic E-state index is 0.0525. The molecule has 0 aromatic rings. The van der Waals surface area contributed by atoms with Crippen molar-refractivity contribution in [3.8, 4) is 0 Å². The number of hydrogen-bond donors (Lipinski definition) is 1. The molecule has 3 fully saturated rings. The Morgan fingerprint density at radius 2 is 2.06 bits per heavy atom. The molecule has 16 heavy (non-hydrogen) atoms. The second-order valence-corrected chi connectivity index (χ2v) is 6.68. The Kier molecular flexibility index (Phi) is 2.39. The Hall–Kier alpha value is -0.370. The molecule has 4 unspecified atom stereocenters. The first-order chi connectivity index (χ1) is 7.59. The highest BCUT2D eigenvalue weighted by atomic mass is 16.1. The first-order valence-corrected chi connectivity index (χ1v) is 6.87. The zero-order valence-corrected chi connectivity index (χ0v) is 10.5. The van der Waals surface area contributed by atoms with Crippen molar-refractivity contribution in [3.05, 3.63) is 0 Å². The predicted octanol–water partition coefficient (Wildman–Crippen LogP) is 2.38. The summed E-state index contributed by atoms with van der Waals surface area (Å²) in [6.45, 7) is 5.41. The second-order valence-electron chi connectivity index (χ2n) is 6.68. The lowest BCUT2D eigenvalue weighted by Gasteiger charge is -2.25. The molecule has 0 aromatic carbocycles. The van der Waals surface area contributed by atoms with Crippen LogP contribution >= 0.6 is 0 Å². The second kappa shape index (κ2) is 3.56. The van der Waals surface area contributed by atoms with Crippen molar-refractivity contribution >= 4 is 5.78 Å². The summed E-state index contributed by atoms with van der Waals surface area (Å²) in [6, 6.07) is 0.516. The predicted molar refractivity (Wildman–Crippen MR) is 64.1 cm³/mol. The average Bonchev–Trinajstić information content (AvgIpc) is 2.85. The van der Waals surface area contributed by atoms with Crippen molar-refractivity contribution < 1.29 is 4.79 Å². The molecule has 2 nitrogen and oxygen atoms in total. The number of hydrogen-bond acceptors (Lipinski definition) is 2. The van der Waals surface area contributed by atoms with E-state index < -0.39 is 0 Å². The van der Waals surface area contributed by atoms with E-state index in [4.69, 9.17) is 0 Å². The molecule has 3 rings (SSSR count). The van der Waals surface area contributed by atoms with Gasteiger partial charge >= 0.3 is 0 Å². The topological polar surface area (TPSA) is 29.1 Å². The van der Waals surface area contributed by atoms with Gasteiger partial charge in [-0.15, -0.1) is 0 Å². The van der Waals surface area contributed by atoms with Gasteiger partial charge in [0.1, 0.15) is 5.78 Å². The molecular weight excluding hydrogens is 198 g/mol. The Labute approximate surface area is 98.2 Å². The Balaban J connectivity index is 1.77. The van der Waals surface area contributed by atoms with Crippen LogP contribution in [-0.4, -0.2) is 18.4 Å². The van der Waals surface area contributed by atoms with Gasteiger partial charge in [0.15, 0.2) is 0 Å². The highest BCUT2D eigenvalue weighted by Crippen LogP contribution is 2.46. The fourth-order valence-electron chi connectivity index (χ4n) is 4.29. The molecule has 1 saturated heterocycles. The smallest absolute Gasteiger partial charge is 0.143 e. The molecule has 1 heterocycles. The van der Waals surface area contributed by atoms with Crippen molar-refractivity contribution in [1.82, 2.24) is 5.32 Å². The normalized spacial score (nSPS) is 46.2. The van der Waals surface area contributed by atoms with Crippen LogP contribution in [0, 0.1) is 23.2 Å². The van der Waals surface area contributed by atoms with E-state index >= 15 is 0 Å². The fourth-order valence-corrected chi connectivity index (χ4v) is 4.29. The third-order valence-corrected chi connectivity index (χ3v) is 5.31. The Morgan fingerprint density at radius 3 is 2.75 bits per heavy atom. The molecule has 0 spiro atoms. The van der Waals surface area contributed by atoms with Crippen LogP contribution in [0.2, 0.25) is 0 Å². The van der Waals surface area contributed by atoms with E-state index in [1.807, 2.05) is 0 Å². The van der Waals surface area contributed by atoms with Crippen molar-refractivity contribution in [1.29, 1.82) is 0 Å². The van der Waals surface area contributed by atoms with Crippen LogP contribution in [0.15, 0.2) is 0 Å². The largest absolute Gasteiger partial charge is 0.313 e. The Morgan fingerprint density at radius 1 is 1.25 bits per heavy atom. The van der Waals surface area contributed by atoms with Crippen LogP contribution in [0.3, 0.4) is 0 Å². The molecule has 0 bridgehead atoms. The quantitative estimate of drug-likeness (QED) is 0.736. The maximum Gasteiger partial charge on any atom is 0.143 e. The minimum atomic E-state index is -0.0525. The summed E-state index contributed by atoms with van der Waals surface area (Å²) in [5.74, 6) is 2.53. The maximum absolute atomic E-state index is 12.4. The lowest BCUT2D eigenvalue weighted by Crippen LogP contribution is -2.39. The molecule has 90 valence electrons. The number of nitrogens with one attached hydrogen (secondary N) is 1. The van der Waals surface area contributed by atoms with Crippen LogP contribution in [-0.2, 0) is 4.79 Å². The van der Waals surface area contributed by atoms with Gasteiger partial charge in [-0.3, -0.25) is 4.79 Å². The molecule has 0 amide bonds. The van der Waals surface area contributed by atoms with Gasteiger partial charge in [0.05, 0.1) is 0 Å². The zero-order chi connectivity index (χ0) is 11.3. The monoisotopic (exact) mass is 221 g/mol. The summed E-state index contributed by atoms with van der Waals surface area (Å²) in [6.07, 6.45) is 6.33. The molecule has 4 atom stereocenters. The van der Waals surface area contributed by atoms with Crippen LogP contribution < -0.4 is 5.32 Å². The number of Topliss-reactive ketones (excluding diaryl/α,β-unsaturated/α-hetero) is 1. The summed E-state index contributed by atoms with van der Waals surface area (Å²) >= 11 is 0. The van der Waals surface area contributed by atoms with Gasteiger partial charge in [-0.2, -0.15) is 0 Å². The fraction of sp³-hybridized carbons (Fsp3) is 0.929. The van der Waals surface area contributed by atoms with Gasteiger partial charge in [-0.05, 0) is 44.1 Å². The van der Waals surface area contributed by atoms with Crippen molar-refractivity contribution in [3.63, 3.8) is 0 Å². The van der Waals surface area contributed by atoms with Gasteiger partial charge in [-0.25, -0.2) is 0 Å². The SMILES string of the molecule is CC1(C)CCC(C2NCC3CCCC32)C1=O. The third-order valence-electron chi connectivity index (χ3n) is 5.31. The van der Waals surface area contributed by atoms with Gasteiger partial charge in [0, 0.05) is 17.4 Å². The van der Waals surface area contributed by atoms with Crippen molar-refractivity contribution in [2.45, 2.75) is 52.0 Å². The first-order valence-electron chi connectivity index (χ1n) is 6.87. The standard InChI is InChI=1S/C14H23NO/c1-14(2)7-6-11(13(14)16)12-10-5-3-4-9(10)8-15-12/h9-12,15H,3-8H2,1-2H3. The lowest BCUT2D eigenvalue weighted by molar-refractivity contribution is -0.128. The molecule has 2 aliphatic carbocycles. The van der Waals surface area contributed by atoms with Crippen LogP contribution in [0.5, 0.6) is 0 Å². The summed E-state index contributed by atoms with van der Waals surface area (Å²) in [5.41, 5.74) is -0.0525. The van der Waals surface area contributed by atoms with Crippen LogP contribution in [0.1, 0.15) is 46.0 Å². The molecule has 1 aliphatic heterocycles. The highest BCUT2D eigenvalue weighted by molar-refractivity contribution is 5.89. The van der Waals surface area contributed by atoms with E-state index in [0.29, 0.717) is 17.7 Å². The van der Waals surface area contributed by atoms with E-state index in [1.54, 1.807) is 0 Å². The summed E-state index contributed by atoms with van der Waals surface area (Å²) in [4.78, 5) is 12.4. The van der Waals surface area contributed by atoms with E-state index in [1.165, 1.54) is 25.8 Å². The number of carbonyl (C=O) groups is 1.